The van der Waals surface area contributed by atoms with Gasteiger partial charge in [-0.3, -0.25) is 4.79 Å². The van der Waals surface area contributed by atoms with Gasteiger partial charge in [-0.2, -0.15) is 5.10 Å². The second-order valence-corrected chi connectivity index (χ2v) is 5.76. The highest BCUT2D eigenvalue weighted by atomic mass is 16.5. The molecule has 0 saturated heterocycles. The number of ether oxygens (including phenoxy) is 1. The zero-order valence-electron chi connectivity index (χ0n) is 14.6. The molecule has 4 heteroatoms. The van der Waals surface area contributed by atoms with Crippen molar-refractivity contribution >= 4 is 11.9 Å². The van der Waals surface area contributed by atoms with Crippen LogP contribution in [-0.2, 0) is 0 Å². The normalized spacial score (nSPS) is 11.0. The van der Waals surface area contributed by atoms with Crippen LogP contribution in [0.3, 0.4) is 0 Å². The maximum Gasteiger partial charge on any atom is 0.185 e. The lowest BCUT2D eigenvalue weighted by Crippen LogP contribution is -1.98. The van der Waals surface area contributed by atoms with Crippen LogP contribution in [0.5, 0.6) is 5.75 Å². The number of benzene rings is 2. The van der Waals surface area contributed by atoms with Crippen LogP contribution in [0.15, 0.2) is 60.7 Å². The van der Waals surface area contributed by atoms with Gasteiger partial charge in [-0.25, -0.2) is 4.68 Å². The van der Waals surface area contributed by atoms with Crippen LogP contribution in [0.4, 0.5) is 0 Å². The van der Waals surface area contributed by atoms with E-state index in [9.17, 15) is 4.79 Å². The summed E-state index contributed by atoms with van der Waals surface area (Å²) in [5.74, 6) is 0.605. The summed E-state index contributed by atoms with van der Waals surface area (Å²) in [6, 6.07) is 17.1. The molecule has 0 fully saturated rings. The van der Waals surface area contributed by atoms with Gasteiger partial charge in [0.2, 0.25) is 0 Å². The first-order valence-electron chi connectivity index (χ1n) is 8.08. The van der Waals surface area contributed by atoms with E-state index in [2.05, 4.69) is 5.10 Å². The molecule has 0 spiro atoms. The fraction of sp³-hybridized carbons (Fsp3) is 0.143. The minimum absolute atomic E-state index is 0.0647. The smallest absolute Gasteiger partial charge is 0.185 e. The van der Waals surface area contributed by atoms with Crippen molar-refractivity contribution in [3.05, 3.63) is 83.2 Å². The van der Waals surface area contributed by atoms with Crippen molar-refractivity contribution in [2.45, 2.75) is 13.8 Å². The van der Waals surface area contributed by atoms with Gasteiger partial charge >= 0.3 is 0 Å². The average Bonchev–Trinajstić information content (AvgIpc) is 2.94. The van der Waals surface area contributed by atoms with Crippen LogP contribution < -0.4 is 4.74 Å². The molecule has 4 nitrogen and oxygen atoms in total. The van der Waals surface area contributed by atoms with Gasteiger partial charge in [-0.15, -0.1) is 0 Å². The Labute approximate surface area is 147 Å². The minimum Gasteiger partial charge on any atom is -0.497 e. The van der Waals surface area contributed by atoms with Gasteiger partial charge in [0, 0.05) is 16.8 Å². The number of hydrogen-bond acceptors (Lipinski definition) is 3. The summed E-state index contributed by atoms with van der Waals surface area (Å²) in [7, 11) is 1.59. The van der Waals surface area contributed by atoms with E-state index in [1.54, 1.807) is 25.3 Å². The number of methoxy groups -OCH3 is 1. The van der Waals surface area contributed by atoms with E-state index in [0.29, 0.717) is 11.3 Å². The van der Waals surface area contributed by atoms with Gasteiger partial charge in [0.25, 0.3) is 0 Å². The summed E-state index contributed by atoms with van der Waals surface area (Å²) in [6.07, 6.45) is 3.42. The van der Waals surface area contributed by atoms with Gasteiger partial charge in [-0.05, 0) is 50.3 Å². The summed E-state index contributed by atoms with van der Waals surface area (Å²) in [6.45, 7) is 3.95. The molecule has 126 valence electrons. The third kappa shape index (κ3) is 3.53. The van der Waals surface area contributed by atoms with Crippen molar-refractivity contribution < 1.29 is 9.53 Å². The van der Waals surface area contributed by atoms with Gasteiger partial charge in [0.1, 0.15) is 5.75 Å². The molecule has 0 radical (unpaired) electrons. The zero-order chi connectivity index (χ0) is 17.8. The lowest BCUT2D eigenvalue weighted by Gasteiger charge is -2.03. The maximum atomic E-state index is 12.4. The first-order valence-corrected chi connectivity index (χ1v) is 8.08. The number of nitrogens with zero attached hydrogens (tertiary/aromatic N) is 2. The molecule has 0 atom stereocenters. The highest BCUT2D eigenvalue weighted by Crippen LogP contribution is 2.20. The standard InChI is InChI=1S/C21H20N2O2/c1-15-20(16(2)23(22-15)18-9-5-4-6-10-18)12-13-21(24)17-8-7-11-19(14-17)25-3/h4-14H,1-3H3. The number of ketones is 1. The molecule has 0 N–H and O–H groups in total. The monoisotopic (exact) mass is 332 g/mol. The number of aryl methyl sites for hydroxylation is 1. The van der Waals surface area contributed by atoms with Crippen LogP contribution in [-0.4, -0.2) is 22.7 Å². The third-order valence-corrected chi connectivity index (χ3v) is 4.10. The molecule has 25 heavy (non-hydrogen) atoms. The first kappa shape index (κ1) is 16.7. The number of aromatic nitrogens is 2. The molecule has 2 aromatic carbocycles. The third-order valence-electron chi connectivity index (χ3n) is 4.10. The molecule has 0 saturated carbocycles. The van der Waals surface area contributed by atoms with Gasteiger partial charge in [-0.1, -0.05) is 30.3 Å². The van der Waals surface area contributed by atoms with E-state index in [0.717, 1.165) is 22.6 Å². The van der Waals surface area contributed by atoms with E-state index in [1.807, 2.05) is 67.1 Å². The number of rotatable bonds is 5. The molecule has 0 bridgehead atoms. The number of para-hydroxylation sites is 1. The predicted molar refractivity (Wildman–Crippen MR) is 99.4 cm³/mol. The summed E-state index contributed by atoms with van der Waals surface area (Å²) in [5, 5.41) is 4.59. The van der Waals surface area contributed by atoms with E-state index in [4.69, 9.17) is 4.74 Å². The van der Waals surface area contributed by atoms with Crippen molar-refractivity contribution in [3.8, 4) is 11.4 Å². The second-order valence-electron chi connectivity index (χ2n) is 5.76. The molecule has 3 aromatic rings. The highest BCUT2D eigenvalue weighted by molar-refractivity contribution is 6.07. The van der Waals surface area contributed by atoms with Crippen molar-refractivity contribution in [1.29, 1.82) is 0 Å². The number of hydrogen-bond donors (Lipinski definition) is 0. The molecular formula is C21H20N2O2. The van der Waals surface area contributed by atoms with Crippen molar-refractivity contribution in [3.63, 3.8) is 0 Å². The Morgan fingerprint density at radius 1 is 1.08 bits per heavy atom. The lowest BCUT2D eigenvalue weighted by atomic mass is 10.1. The molecule has 0 aliphatic rings. The fourth-order valence-corrected chi connectivity index (χ4v) is 2.75. The van der Waals surface area contributed by atoms with E-state index >= 15 is 0 Å². The highest BCUT2D eigenvalue weighted by Gasteiger charge is 2.11. The molecule has 0 unspecified atom stereocenters. The number of carbonyl (C=O) groups is 1. The van der Waals surface area contributed by atoms with Crippen LogP contribution >= 0.6 is 0 Å². The molecule has 0 amide bonds. The zero-order valence-corrected chi connectivity index (χ0v) is 14.6. The summed E-state index contributed by atoms with van der Waals surface area (Å²) >= 11 is 0. The Hall–Kier alpha value is -3.14. The Balaban J connectivity index is 1.89. The van der Waals surface area contributed by atoms with Crippen molar-refractivity contribution in [2.24, 2.45) is 0 Å². The molecule has 0 aliphatic carbocycles. The molecule has 0 aliphatic heterocycles. The Morgan fingerprint density at radius 3 is 2.56 bits per heavy atom. The quantitative estimate of drug-likeness (QED) is 0.514. The van der Waals surface area contributed by atoms with Gasteiger partial charge < -0.3 is 4.74 Å². The number of carbonyl (C=O) groups excluding carboxylic acids is 1. The van der Waals surface area contributed by atoms with E-state index in [1.165, 1.54) is 0 Å². The van der Waals surface area contributed by atoms with Crippen LogP contribution in [0.25, 0.3) is 11.8 Å². The minimum atomic E-state index is -0.0647. The SMILES string of the molecule is COc1cccc(C(=O)C=Cc2c(C)nn(-c3ccccc3)c2C)c1. The van der Waals surface area contributed by atoms with Crippen LogP contribution in [0.2, 0.25) is 0 Å². The molecule has 1 aromatic heterocycles. The summed E-state index contributed by atoms with van der Waals surface area (Å²) < 4.78 is 7.06. The summed E-state index contributed by atoms with van der Waals surface area (Å²) in [4.78, 5) is 12.4. The Kier molecular flexibility index (Phi) is 4.80. The first-order chi connectivity index (χ1) is 12.1. The van der Waals surface area contributed by atoms with Crippen molar-refractivity contribution in [2.75, 3.05) is 7.11 Å². The second kappa shape index (κ2) is 7.18. The summed E-state index contributed by atoms with van der Waals surface area (Å²) in [5.41, 5.74) is 4.44. The largest absolute Gasteiger partial charge is 0.497 e. The van der Waals surface area contributed by atoms with E-state index in [-0.39, 0.29) is 5.78 Å². The molecular weight excluding hydrogens is 312 g/mol. The number of allylic oxidation sites excluding steroid dienone is 1. The average molecular weight is 332 g/mol. The van der Waals surface area contributed by atoms with Gasteiger partial charge in [0.05, 0.1) is 18.5 Å². The van der Waals surface area contributed by atoms with E-state index < -0.39 is 0 Å². The van der Waals surface area contributed by atoms with Crippen molar-refractivity contribution in [1.82, 2.24) is 9.78 Å². The maximum absolute atomic E-state index is 12.4. The molecule has 3 rings (SSSR count). The van der Waals surface area contributed by atoms with Crippen LogP contribution in [0, 0.1) is 13.8 Å². The predicted octanol–water partition coefficient (Wildman–Crippen LogP) is 4.39. The molecule has 1 heterocycles. The van der Waals surface area contributed by atoms with Crippen LogP contribution in [0.1, 0.15) is 27.3 Å². The topological polar surface area (TPSA) is 44.1 Å². The lowest BCUT2D eigenvalue weighted by molar-refractivity contribution is 0.104. The fourth-order valence-electron chi connectivity index (χ4n) is 2.75. The Bertz CT molecular complexity index is 924. The Morgan fingerprint density at radius 2 is 1.84 bits per heavy atom. The van der Waals surface area contributed by atoms with Gasteiger partial charge in [0.15, 0.2) is 5.78 Å².